The second-order valence-electron chi connectivity index (χ2n) is 2.73. The number of aromatic nitrogens is 1. The van der Waals surface area contributed by atoms with E-state index in [9.17, 15) is 4.79 Å². The molecule has 2 nitrogen and oxygen atoms in total. The lowest BCUT2D eigenvalue weighted by molar-refractivity contribution is 0.653. The Morgan fingerprint density at radius 1 is 1.58 bits per heavy atom. The Morgan fingerprint density at radius 3 is 3.00 bits per heavy atom. The van der Waals surface area contributed by atoms with Crippen LogP contribution in [0.15, 0.2) is 23.1 Å². The zero-order chi connectivity index (χ0) is 8.97. The van der Waals surface area contributed by atoms with Crippen LogP contribution in [0.25, 0.3) is 0 Å². The molecule has 1 rings (SSSR count). The highest BCUT2D eigenvalue weighted by Crippen LogP contribution is 1.92. The Labute approximate surface area is 76.8 Å². The van der Waals surface area contributed by atoms with Crippen LogP contribution in [0.5, 0.6) is 0 Å². The SMILES string of the molecule is Cc1cccn(CCCCl)c1=O. The molecule has 0 saturated carbocycles. The summed E-state index contributed by atoms with van der Waals surface area (Å²) in [4.78, 5) is 11.4. The minimum atomic E-state index is 0.0858. The van der Waals surface area contributed by atoms with Crippen molar-refractivity contribution in [2.24, 2.45) is 0 Å². The molecule has 0 aliphatic carbocycles. The summed E-state index contributed by atoms with van der Waals surface area (Å²) >= 11 is 5.53. The molecule has 12 heavy (non-hydrogen) atoms. The van der Waals surface area contributed by atoms with E-state index in [4.69, 9.17) is 11.6 Å². The summed E-state index contributed by atoms with van der Waals surface area (Å²) in [5.41, 5.74) is 0.870. The van der Waals surface area contributed by atoms with Crippen LogP contribution in [-0.2, 0) is 6.54 Å². The van der Waals surface area contributed by atoms with E-state index in [-0.39, 0.29) is 5.56 Å². The summed E-state index contributed by atoms with van der Waals surface area (Å²) in [6.45, 7) is 2.53. The number of hydrogen-bond donors (Lipinski definition) is 0. The number of pyridine rings is 1. The van der Waals surface area contributed by atoms with Gasteiger partial charge in [0.2, 0.25) is 0 Å². The zero-order valence-electron chi connectivity index (χ0n) is 7.09. The third-order valence-corrected chi connectivity index (χ3v) is 2.01. The van der Waals surface area contributed by atoms with Gasteiger partial charge in [0.05, 0.1) is 0 Å². The lowest BCUT2D eigenvalue weighted by Gasteiger charge is -2.03. The van der Waals surface area contributed by atoms with Crippen molar-refractivity contribution in [1.29, 1.82) is 0 Å². The molecule has 0 amide bonds. The molecule has 0 fully saturated rings. The Morgan fingerprint density at radius 2 is 2.33 bits per heavy atom. The van der Waals surface area contributed by atoms with Crippen molar-refractivity contribution in [3.63, 3.8) is 0 Å². The first-order valence-electron chi connectivity index (χ1n) is 3.97. The van der Waals surface area contributed by atoms with Gasteiger partial charge in [-0.1, -0.05) is 6.07 Å². The predicted octanol–water partition coefficient (Wildman–Crippen LogP) is 1.79. The molecule has 0 aliphatic heterocycles. The maximum atomic E-state index is 11.4. The van der Waals surface area contributed by atoms with Crippen LogP contribution >= 0.6 is 11.6 Å². The minimum Gasteiger partial charge on any atom is -0.315 e. The van der Waals surface area contributed by atoms with E-state index >= 15 is 0 Å². The van der Waals surface area contributed by atoms with E-state index in [0.717, 1.165) is 12.0 Å². The second kappa shape index (κ2) is 4.31. The number of alkyl halides is 1. The first-order chi connectivity index (χ1) is 5.75. The number of nitrogens with zero attached hydrogens (tertiary/aromatic N) is 1. The summed E-state index contributed by atoms with van der Waals surface area (Å²) in [6.07, 6.45) is 2.63. The maximum Gasteiger partial charge on any atom is 0.253 e. The molecule has 0 aliphatic rings. The molecule has 0 bridgehead atoms. The van der Waals surface area contributed by atoms with Crippen molar-refractivity contribution in [3.05, 3.63) is 34.2 Å². The molecule has 0 N–H and O–H groups in total. The van der Waals surface area contributed by atoms with Gasteiger partial charge in [0, 0.05) is 24.2 Å². The van der Waals surface area contributed by atoms with Gasteiger partial charge in [-0.2, -0.15) is 0 Å². The minimum absolute atomic E-state index is 0.0858. The van der Waals surface area contributed by atoms with Crippen LogP contribution in [0.4, 0.5) is 0 Å². The monoisotopic (exact) mass is 185 g/mol. The van der Waals surface area contributed by atoms with Crippen LogP contribution in [-0.4, -0.2) is 10.4 Å². The molecule has 0 aromatic carbocycles. The zero-order valence-corrected chi connectivity index (χ0v) is 7.84. The summed E-state index contributed by atoms with van der Waals surface area (Å²) in [5, 5.41) is 0. The van der Waals surface area contributed by atoms with Gasteiger partial charge in [0.15, 0.2) is 0 Å². The number of halogens is 1. The highest BCUT2D eigenvalue weighted by Gasteiger charge is 1.96. The van der Waals surface area contributed by atoms with Crippen LogP contribution in [0.1, 0.15) is 12.0 Å². The average Bonchev–Trinajstić information content (AvgIpc) is 2.08. The fraction of sp³-hybridized carbons (Fsp3) is 0.444. The van der Waals surface area contributed by atoms with Gasteiger partial charge >= 0.3 is 0 Å². The third-order valence-electron chi connectivity index (χ3n) is 1.74. The summed E-state index contributed by atoms with van der Waals surface area (Å²) in [6, 6.07) is 3.70. The standard InChI is InChI=1S/C9H12ClNO/c1-8-4-2-6-11(9(8)12)7-3-5-10/h2,4,6H,3,5,7H2,1H3. The normalized spacial score (nSPS) is 10.2. The van der Waals surface area contributed by atoms with Crippen molar-refractivity contribution in [1.82, 2.24) is 4.57 Å². The van der Waals surface area contributed by atoms with Crippen LogP contribution < -0.4 is 5.56 Å². The number of hydrogen-bond acceptors (Lipinski definition) is 1. The van der Waals surface area contributed by atoms with Crippen molar-refractivity contribution in [2.75, 3.05) is 5.88 Å². The summed E-state index contributed by atoms with van der Waals surface area (Å²) in [7, 11) is 0. The smallest absolute Gasteiger partial charge is 0.253 e. The van der Waals surface area contributed by atoms with E-state index in [1.807, 2.05) is 19.1 Å². The molecule has 0 unspecified atom stereocenters. The molecule has 0 atom stereocenters. The molecule has 66 valence electrons. The first kappa shape index (κ1) is 9.33. The van der Waals surface area contributed by atoms with Crippen molar-refractivity contribution >= 4 is 11.6 Å². The van der Waals surface area contributed by atoms with Gasteiger partial charge in [-0.3, -0.25) is 4.79 Å². The molecule has 1 aromatic heterocycles. The topological polar surface area (TPSA) is 22.0 Å². The van der Waals surface area contributed by atoms with Gasteiger partial charge in [-0.05, 0) is 19.4 Å². The fourth-order valence-electron chi connectivity index (χ4n) is 1.06. The quantitative estimate of drug-likeness (QED) is 0.659. The Balaban J connectivity index is 2.85. The largest absolute Gasteiger partial charge is 0.315 e. The number of rotatable bonds is 3. The Hall–Kier alpha value is -0.760. The lowest BCUT2D eigenvalue weighted by Crippen LogP contribution is -2.21. The maximum absolute atomic E-state index is 11.4. The average molecular weight is 186 g/mol. The van der Waals surface area contributed by atoms with Crippen molar-refractivity contribution in [2.45, 2.75) is 19.9 Å². The predicted molar refractivity (Wildman–Crippen MR) is 50.8 cm³/mol. The molecule has 1 heterocycles. The van der Waals surface area contributed by atoms with Crippen LogP contribution in [0.3, 0.4) is 0 Å². The summed E-state index contributed by atoms with van der Waals surface area (Å²) < 4.78 is 1.69. The lowest BCUT2D eigenvalue weighted by atomic mass is 10.3. The molecule has 1 aromatic rings. The van der Waals surface area contributed by atoms with E-state index in [1.54, 1.807) is 10.8 Å². The molecular weight excluding hydrogens is 174 g/mol. The highest BCUT2D eigenvalue weighted by atomic mass is 35.5. The van der Waals surface area contributed by atoms with Crippen molar-refractivity contribution in [3.8, 4) is 0 Å². The third kappa shape index (κ3) is 2.11. The fourth-order valence-corrected chi connectivity index (χ4v) is 1.18. The van der Waals surface area contributed by atoms with E-state index < -0.39 is 0 Å². The first-order valence-corrected chi connectivity index (χ1v) is 4.51. The molecule has 0 radical (unpaired) electrons. The second-order valence-corrected chi connectivity index (χ2v) is 3.11. The Bertz CT molecular complexity index is 306. The van der Waals surface area contributed by atoms with Gasteiger partial charge in [-0.15, -0.1) is 11.6 Å². The van der Waals surface area contributed by atoms with Gasteiger partial charge in [0.1, 0.15) is 0 Å². The van der Waals surface area contributed by atoms with Crippen LogP contribution in [0.2, 0.25) is 0 Å². The van der Waals surface area contributed by atoms with E-state index in [1.165, 1.54) is 0 Å². The van der Waals surface area contributed by atoms with Crippen LogP contribution in [0, 0.1) is 6.92 Å². The summed E-state index contributed by atoms with van der Waals surface area (Å²) in [5.74, 6) is 0.598. The molecule has 0 saturated heterocycles. The van der Waals surface area contributed by atoms with Gasteiger partial charge in [-0.25, -0.2) is 0 Å². The molecule has 3 heteroatoms. The van der Waals surface area contributed by atoms with Gasteiger partial charge in [0.25, 0.3) is 5.56 Å². The highest BCUT2D eigenvalue weighted by molar-refractivity contribution is 6.17. The van der Waals surface area contributed by atoms with E-state index in [0.29, 0.717) is 12.4 Å². The van der Waals surface area contributed by atoms with Gasteiger partial charge < -0.3 is 4.57 Å². The van der Waals surface area contributed by atoms with Crippen molar-refractivity contribution < 1.29 is 0 Å². The molecule has 0 spiro atoms. The van der Waals surface area contributed by atoms with E-state index in [2.05, 4.69) is 0 Å². The number of aryl methyl sites for hydroxylation is 2. The Kier molecular flexibility index (Phi) is 3.35. The molecular formula is C9H12ClNO.